The van der Waals surface area contributed by atoms with E-state index >= 15 is 0 Å². The van der Waals surface area contributed by atoms with Crippen LogP contribution in [0.2, 0.25) is 0 Å². The summed E-state index contributed by atoms with van der Waals surface area (Å²) in [7, 11) is 3.92. The van der Waals surface area contributed by atoms with E-state index in [4.69, 9.17) is 4.74 Å². The second kappa shape index (κ2) is 5.35. The van der Waals surface area contributed by atoms with Crippen LogP contribution in [0.25, 0.3) is 0 Å². The van der Waals surface area contributed by atoms with Gasteiger partial charge in [-0.2, -0.15) is 0 Å². The number of rotatable bonds is 5. The molecule has 0 amide bonds. The lowest BCUT2D eigenvalue weighted by Gasteiger charge is -2.26. The van der Waals surface area contributed by atoms with Gasteiger partial charge < -0.3 is 9.64 Å². The average Bonchev–Trinajstić information content (AvgIpc) is 2.02. The van der Waals surface area contributed by atoms with E-state index < -0.39 is 0 Å². The van der Waals surface area contributed by atoms with Gasteiger partial charge in [-0.25, -0.2) is 0 Å². The van der Waals surface area contributed by atoms with Crippen molar-refractivity contribution in [1.29, 1.82) is 0 Å². The number of ether oxygens (including phenoxy) is 1. The number of likely N-dealkylation sites (N-methyl/N-ethyl adjacent to an activating group) is 1. The van der Waals surface area contributed by atoms with E-state index in [1.807, 2.05) is 46.7 Å². The molecule has 0 aromatic heterocycles. The molecule has 0 saturated heterocycles. The second-order valence-electron chi connectivity index (χ2n) is 4.82. The van der Waals surface area contributed by atoms with Gasteiger partial charge in [0.1, 0.15) is 6.61 Å². The second-order valence-corrected chi connectivity index (χ2v) is 4.82. The number of hydrogen-bond acceptors (Lipinski definition) is 3. The maximum atomic E-state index is 11.6. The molecule has 0 aliphatic rings. The zero-order valence-electron chi connectivity index (χ0n) is 10.3. The summed E-state index contributed by atoms with van der Waals surface area (Å²) in [4.78, 5) is 13.6. The Balaban J connectivity index is 3.96. The highest BCUT2D eigenvalue weighted by Crippen LogP contribution is 2.27. The molecular weight excluding hydrogens is 178 g/mol. The molecule has 0 bridgehead atoms. The predicted octanol–water partition coefficient (Wildman–Crippen LogP) is 1.77. The van der Waals surface area contributed by atoms with Crippen LogP contribution < -0.4 is 0 Å². The summed E-state index contributed by atoms with van der Waals surface area (Å²) < 4.78 is 5.20. The van der Waals surface area contributed by atoms with Gasteiger partial charge in [-0.3, -0.25) is 4.79 Å². The summed E-state index contributed by atoms with van der Waals surface area (Å²) in [6.07, 6.45) is 0. The summed E-state index contributed by atoms with van der Waals surface area (Å²) in [6, 6.07) is 0. The van der Waals surface area contributed by atoms with Crippen LogP contribution in [0, 0.1) is 11.3 Å². The maximum absolute atomic E-state index is 11.6. The van der Waals surface area contributed by atoms with Crippen LogP contribution in [0.15, 0.2) is 0 Å². The number of carbonyl (C=O) groups is 1. The Hall–Kier alpha value is -0.570. The number of nitrogens with zero attached hydrogens (tertiary/aromatic N) is 1. The molecule has 0 aromatic rings. The van der Waals surface area contributed by atoms with E-state index in [0.717, 1.165) is 6.54 Å². The summed E-state index contributed by atoms with van der Waals surface area (Å²) in [6.45, 7) is 9.17. The van der Waals surface area contributed by atoms with Crippen molar-refractivity contribution in [2.24, 2.45) is 11.3 Å². The van der Waals surface area contributed by atoms with Crippen LogP contribution in [0.3, 0.4) is 0 Å². The summed E-state index contributed by atoms with van der Waals surface area (Å²) in [5, 5.41) is 0. The van der Waals surface area contributed by atoms with Gasteiger partial charge in [0.25, 0.3) is 0 Å². The van der Waals surface area contributed by atoms with Gasteiger partial charge >= 0.3 is 5.97 Å². The molecule has 0 atom stereocenters. The van der Waals surface area contributed by atoms with Crippen LogP contribution in [-0.2, 0) is 9.53 Å². The fourth-order valence-corrected chi connectivity index (χ4v) is 0.743. The smallest absolute Gasteiger partial charge is 0.311 e. The van der Waals surface area contributed by atoms with Crippen LogP contribution in [0.1, 0.15) is 27.7 Å². The van der Waals surface area contributed by atoms with Crippen molar-refractivity contribution >= 4 is 5.97 Å². The molecule has 0 heterocycles. The fraction of sp³-hybridized carbons (Fsp3) is 0.909. The van der Waals surface area contributed by atoms with Crippen molar-refractivity contribution < 1.29 is 9.53 Å². The van der Waals surface area contributed by atoms with Crippen molar-refractivity contribution in [3.63, 3.8) is 0 Å². The summed E-state index contributed by atoms with van der Waals surface area (Å²) in [5.41, 5.74) is -0.383. The van der Waals surface area contributed by atoms with Crippen LogP contribution in [-0.4, -0.2) is 38.1 Å². The van der Waals surface area contributed by atoms with Gasteiger partial charge in [-0.05, 0) is 33.9 Å². The third-order valence-corrected chi connectivity index (χ3v) is 2.74. The summed E-state index contributed by atoms with van der Waals surface area (Å²) >= 11 is 0. The van der Waals surface area contributed by atoms with Crippen LogP contribution in [0.5, 0.6) is 0 Å². The fourth-order valence-electron chi connectivity index (χ4n) is 0.743. The van der Waals surface area contributed by atoms with E-state index in [0.29, 0.717) is 12.5 Å². The minimum atomic E-state index is -0.383. The Bertz CT molecular complexity index is 186. The maximum Gasteiger partial charge on any atom is 0.311 e. The highest BCUT2D eigenvalue weighted by Gasteiger charge is 2.32. The van der Waals surface area contributed by atoms with Crippen molar-refractivity contribution in [3.05, 3.63) is 0 Å². The van der Waals surface area contributed by atoms with Gasteiger partial charge in [0.15, 0.2) is 0 Å². The molecule has 0 aliphatic carbocycles. The van der Waals surface area contributed by atoms with Gasteiger partial charge in [0.05, 0.1) is 5.41 Å². The average molecular weight is 201 g/mol. The van der Waals surface area contributed by atoms with Gasteiger partial charge in [-0.1, -0.05) is 13.8 Å². The monoisotopic (exact) mass is 201 g/mol. The first-order valence-corrected chi connectivity index (χ1v) is 5.10. The Morgan fingerprint density at radius 3 is 2.21 bits per heavy atom. The third-order valence-electron chi connectivity index (χ3n) is 2.74. The molecule has 0 radical (unpaired) electrons. The summed E-state index contributed by atoms with van der Waals surface area (Å²) in [5.74, 6) is 0.198. The van der Waals surface area contributed by atoms with E-state index in [-0.39, 0.29) is 11.4 Å². The van der Waals surface area contributed by atoms with E-state index in [1.54, 1.807) is 0 Å². The molecule has 0 spiro atoms. The molecular formula is C11H23NO2. The van der Waals surface area contributed by atoms with E-state index in [2.05, 4.69) is 0 Å². The van der Waals surface area contributed by atoms with Crippen molar-refractivity contribution in [3.8, 4) is 0 Å². The minimum absolute atomic E-state index is 0.102. The molecule has 0 rings (SSSR count). The lowest BCUT2D eigenvalue weighted by atomic mass is 9.81. The molecule has 0 N–H and O–H groups in total. The topological polar surface area (TPSA) is 29.5 Å². The first-order chi connectivity index (χ1) is 6.28. The van der Waals surface area contributed by atoms with Crippen molar-refractivity contribution in [2.75, 3.05) is 27.2 Å². The number of esters is 1. The molecule has 84 valence electrons. The van der Waals surface area contributed by atoms with Gasteiger partial charge in [0.2, 0.25) is 0 Å². The molecule has 0 aromatic carbocycles. The Morgan fingerprint density at radius 2 is 1.86 bits per heavy atom. The third kappa shape index (κ3) is 4.09. The normalized spacial score (nSPS) is 12.3. The largest absolute Gasteiger partial charge is 0.464 e. The van der Waals surface area contributed by atoms with Crippen LogP contribution >= 0.6 is 0 Å². The van der Waals surface area contributed by atoms with E-state index in [9.17, 15) is 4.79 Å². The van der Waals surface area contributed by atoms with Gasteiger partial charge in [0, 0.05) is 6.54 Å². The van der Waals surface area contributed by atoms with Gasteiger partial charge in [-0.15, -0.1) is 0 Å². The van der Waals surface area contributed by atoms with Crippen molar-refractivity contribution in [2.45, 2.75) is 27.7 Å². The molecule has 14 heavy (non-hydrogen) atoms. The molecule has 0 unspecified atom stereocenters. The Labute approximate surface area is 87.4 Å². The molecule has 0 fully saturated rings. The SMILES string of the molecule is CC(C)C(C)(C)C(=O)OCCN(C)C. The zero-order chi connectivity index (χ0) is 11.4. The Morgan fingerprint density at radius 1 is 1.36 bits per heavy atom. The first-order valence-electron chi connectivity index (χ1n) is 5.10. The Kier molecular flexibility index (Phi) is 5.13. The minimum Gasteiger partial charge on any atom is -0.464 e. The number of hydrogen-bond donors (Lipinski definition) is 0. The lowest BCUT2D eigenvalue weighted by molar-refractivity contribution is -0.156. The van der Waals surface area contributed by atoms with Crippen LogP contribution in [0.4, 0.5) is 0 Å². The van der Waals surface area contributed by atoms with E-state index in [1.165, 1.54) is 0 Å². The zero-order valence-corrected chi connectivity index (χ0v) is 10.3. The first kappa shape index (κ1) is 13.4. The standard InChI is InChI=1S/C11H23NO2/c1-9(2)11(3,4)10(13)14-8-7-12(5)6/h9H,7-8H2,1-6H3. The van der Waals surface area contributed by atoms with Crippen molar-refractivity contribution in [1.82, 2.24) is 4.90 Å². The molecule has 0 aliphatic heterocycles. The molecule has 3 nitrogen and oxygen atoms in total. The highest BCUT2D eigenvalue weighted by molar-refractivity contribution is 5.76. The molecule has 0 saturated carbocycles. The lowest BCUT2D eigenvalue weighted by Crippen LogP contribution is -2.33. The quantitative estimate of drug-likeness (QED) is 0.635. The highest BCUT2D eigenvalue weighted by atomic mass is 16.5. The molecule has 3 heteroatoms. The number of carbonyl (C=O) groups excluding carboxylic acids is 1. The predicted molar refractivity (Wildman–Crippen MR) is 58.1 cm³/mol.